The van der Waals surface area contributed by atoms with E-state index in [1.54, 1.807) is 20.0 Å². The Morgan fingerprint density at radius 1 is 1.05 bits per heavy atom. The SMILES string of the molecule is Cc1cnc(C(=O)OC2C(O)C(O)C(OCCCCCO)C(O)C2OC(C)c2c[nH]c3ccccc23)[nH]1. The fourth-order valence-electron chi connectivity index (χ4n) is 4.70. The Morgan fingerprint density at radius 3 is 2.54 bits per heavy atom. The summed E-state index contributed by atoms with van der Waals surface area (Å²) in [5.41, 5.74) is 2.37. The normalized spacial score (nSPS) is 26.9. The minimum atomic E-state index is -1.59. The number of unbranched alkanes of at least 4 members (excludes halogenated alkanes) is 2. The average Bonchev–Trinajstić information content (AvgIpc) is 3.52. The highest BCUT2D eigenvalue weighted by molar-refractivity contribution is 5.85. The fourth-order valence-corrected chi connectivity index (χ4v) is 4.70. The molecule has 202 valence electrons. The number of rotatable bonds is 11. The van der Waals surface area contributed by atoms with Gasteiger partial charge in [0.25, 0.3) is 0 Å². The van der Waals surface area contributed by atoms with E-state index in [-0.39, 0.29) is 19.0 Å². The Labute approximate surface area is 214 Å². The Kier molecular flexibility index (Phi) is 8.95. The lowest BCUT2D eigenvalue weighted by atomic mass is 9.84. The van der Waals surface area contributed by atoms with Gasteiger partial charge in [0.2, 0.25) is 5.82 Å². The van der Waals surface area contributed by atoms with Gasteiger partial charge in [0.1, 0.15) is 30.5 Å². The Morgan fingerprint density at radius 2 is 1.81 bits per heavy atom. The number of aromatic amines is 2. The third-order valence-corrected chi connectivity index (χ3v) is 6.69. The third-order valence-electron chi connectivity index (χ3n) is 6.69. The van der Waals surface area contributed by atoms with Crippen LogP contribution >= 0.6 is 0 Å². The number of aliphatic hydroxyl groups excluding tert-OH is 4. The molecule has 1 aliphatic carbocycles. The number of aromatic nitrogens is 3. The van der Waals surface area contributed by atoms with Crippen molar-refractivity contribution in [2.45, 2.75) is 75.8 Å². The second-order valence-corrected chi connectivity index (χ2v) is 9.41. The number of fused-ring (bicyclic) bond motifs is 1. The largest absolute Gasteiger partial charge is 0.451 e. The van der Waals surface area contributed by atoms with Crippen LogP contribution in [0.2, 0.25) is 0 Å². The lowest BCUT2D eigenvalue weighted by Gasteiger charge is -2.45. The van der Waals surface area contributed by atoms with Gasteiger partial charge in [-0.05, 0) is 39.2 Å². The summed E-state index contributed by atoms with van der Waals surface area (Å²) in [5.74, 6) is -0.923. The van der Waals surface area contributed by atoms with Crippen LogP contribution in [-0.2, 0) is 14.2 Å². The van der Waals surface area contributed by atoms with E-state index in [4.69, 9.17) is 19.3 Å². The molecule has 4 rings (SSSR count). The van der Waals surface area contributed by atoms with Crippen molar-refractivity contribution in [3.63, 3.8) is 0 Å². The number of aryl methyl sites for hydroxylation is 1. The number of ether oxygens (including phenoxy) is 3. The number of nitrogens with one attached hydrogen (secondary N) is 2. The van der Waals surface area contributed by atoms with Crippen LogP contribution < -0.4 is 0 Å². The zero-order chi connectivity index (χ0) is 26.5. The number of para-hydroxylation sites is 1. The van der Waals surface area contributed by atoms with Gasteiger partial charge in [-0.15, -0.1) is 0 Å². The molecular formula is C26H35N3O8. The van der Waals surface area contributed by atoms with E-state index in [9.17, 15) is 20.1 Å². The number of esters is 1. The van der Waals surface area contributed by atoms with E-state index in [1.807, 2.05) is 24.3 Å². The van der Waals surface area contributed by atoms with Crippen molar-refractivity contribution in [3.8, 4) is 0 Å². The molecule has 0 bridgehead atoms. The van der Waals surface area contributed by atoms with Crippen LogP contribution in [0.25, 0.3) is 10.9 Å². The van der Waals surface area contributed by atoms with Crippen molar-refractivity contribution >= 4 is 16.9 Å². The second kappa shape index (κ2) is 12.2. The quantitative estimate of drug-likeness (QED) is 0.163. The standard InChI is InChI=1S/C26H35N3O8/c1-14-12-28-25(29-14)26(34)37-23-20(32)19(31)22(35-11-7-3-6-10-30)21(33)24(23)36-15(2)17-13-27-18-9-5-4-8-16(17)18/h4-5,8-9,12-13,15,19-24,27,30-33H,3,6-7,10-11H2,1-2H3,(H,28,29). The number of nitrogens with zero attached hydrogens (tertiary/aromatic N) is 1. The summed E-state index contributed by atoms with van der Waals surface area (Å²) in [6.45, 7) is 3.78. The maximum atomic E-state index is 12.8. The number of H-pyrrole nitrogens is 2. The van der Waals surface area contributed by atoms with E-state index in [0.717, 1.165) is 16.5 Å². The number of hydrogen-bond acceptors (Lipinski definition) is 9. The molecule has 1 saturated carbocycles. The van der Waals surface area contributed by atoms with Gasteiger partial charge >= 0.3 is 5.97 Å². The van der Waals surface area contributed by atoms with Crippen LogP contribution in [0.3, 0.4) is 0 Å². The summed E-state index contributed by atoms with van der Waals surface area (Å²) in [5, 5.41) is 42.9. The van der Waals surface area contributed by atoms with Crippen molar-refractivity contribution in [3.05, 3.63) is 53.7 Å². The molecule has 0 aliphatic heterocycles. The highest BCUT2D eigenvalue weighted by atomic mass is 16.6. The first kappa shape index (κ1) is 27.2. The molecule has 1 aliphatic rings. The van der Waals surface area contributed by atoms with E-state index in [0.29, 0.717) is 25.0 Å². The monoisotopic (exact) mass is 517 g/mol. The summed E-state index contributed by atoms with van der Waals surface area (Å²) in [4.78, 5) is 22.7. The molecular weight excluding hydrogens is 482 g/mol. The fraction of sp³-hybridized carbons (Fsp3) is 0.538. The second-order valence-electron chi connectivity index (χ2n) is 9.41. The van der Waals surface area contributed by atoms with E-state index >= 15 is 0 Å². The van der Waals surface area contributed by atoms with Crippen molar-refractivity contribution < 1.29 is 39.4 Å². The van der Waals surface area contributed by atoms with Gasteiger partial charge in [0.15, 0.2) is 6.10 Å². The Balaban J connectivity index is 1.56. The first-order valence-corrected chi connectivity index (χ1v) is 12.5. The third kappa shape index (κ3) is 6.03. The van der Waals surface area contributed by atoms with E-state index in [2.05, 4.69) is 15.0 Å². The molecule has 6 N–H and O–H groups in total. The van der Waals surface area contributed by atoms with Gasteiger partial charge in [-0.3, -0.25) is 0 Å². The summed E-state index contributed by atoms with van der Waals surface area (Å²) in [6, 6.07) is 7.67. The highest BCUT2D eigenvalue weighted by Crippen LogP contribution is 2.34. The van der Waals surface area contributed by atoms with Crippen LogP contribution in [-0.4, -0.2) is 91.2 Å². The number of hydrogen-bond donors (Lipinski definition) is 6. The average molecular weight is 518 g/mol. The highest BCUT2D eigenvalue weighted by Gasteiger charge is 2.53. The molecule has 2 heterocycles. The van der Waals surface area contributed by atoms with Crippen LogP contribution in [0.15, 0.2) is 36.7 Å². The molecule has 11 heteroatoms. The maximum Gasteiger partial charge on any atom is 0.374 e. The summed E-state index contributed by atoms with van der Waals surface area (Å²) >= 11 is 0. The van der Waals surface area contributed by atoms with Crippen molar-refractivity contribution in [2.24, 2.45) is 0 Å². The van der Waals surface area contributed by atoms with Gasteiger partial charge in [-0.1, -0.05) is 18.2 Å². The number of aliphatic hydroxyl groups is 4. The molecule has 1 aromatic carbocycles. The topological polar surface area (TPSA) is 170 Å². The molecule has 37 heavy (non-hydrogen) atoms. The Bertz CT molecular complexity index is 1160. The summed E-state index contributed by atoms with van der Waals surface area (Å²) in [7, 11) is 0. The van der Waals surface area contributed by atoms with Crippen LogP contribution in [0.4, 0.5) is 0 Å². The van der Waals surface area contributed by atoms with Crippen LogP contribution in [0.1, 0.15) is 54.2 Å². The van der Waals surface area contributed by atoms with Crippen LogP contribution in [0.5, 0.6) is 0 Å². The lowest BCUT2D eigenvalue weighted by molar-refractivity contribution is -0.253. The predicted molar refractivity (Wildman–Crippen MR) is 133 cm³/mol. The van der Waals surface area contributed by atoms with Crippen molar-refractivity contribution in [1.29, 1.82) is 0 Å². The summed E-state index contributed by atoms with van der Waals surface area (Å²) < 4.78 is 17.5. The first-order chi connectivity index (χ1) is 17.8. The van der Waals surface area contributed by atoms with E-state index < -0.39 is 48.7 Å². The number of carbonyl (C=O) groups excluding carboxylic acids is 1. The number of carbonyl (C=O) groups is 1. The molecule has 3 aromatic rings. The minimum Gasteiger partial charge on any atom is -0.451 e. The molecule has 0 amide bonds. The molecule has 0 spiro atoms. The molecule has 7 unspecified atom stereocenters. The van der Waals surface area contributed by atoms with Gasteiger partial charge in [-0.25, -0.2) is 9.78 Å². The van der Waals surface area contributed by atoms with Crippen LogP contribution in [0, 0.1) is 6.92 Å². The molecule has 2 aromatic heterocycles. The van der Waals surface area contributed by atoms with Gasteiger partial charge in [0, 0.05) is 47.8 Å². The van der Waals surface area contributed by atoms with Gasteiger partial charge in [0.05, 0.1) is 6.10 Å². The van der Waals surface area contributed by atoms with E-state index in [1.165, 1.54) is 6.20 Å². The predicted octanol–water partition coefficient (Wildman–Crippen LogP) is 1.52. The minimum absolute atomic E-state index is 0.0667. The maximum absolute atomic E-state index is 12.8. The number of imidazole rings is 1. The van der Waals surface area contributed by atoms with Crippen molar-refractivity contribution in [2.75, 3.05) is 13.2 Å². The van der Waals surface area contributed by atoms with Gasteiger partial charge < -0.3 is 44.6 Å². The molecule has 0 saturated heterocycles. The molecule has 7 atom stereocenters. The molecule has 0 radical (unpaired) electrons. The van der Waals surface area contributed by atoms with Crippen molar-refractivity contribution in [1.82, 2.24) is 15.0 Å². The first-order valence-electron chi connectivity index (χ1n) is 12.5. The zero-order valence-corrected chi connectivity index (χ0v) is 20.9. The number of benzene rings is 1. The lowest BCUT2D eigenvalue weighted by Crippen LogP contribution is -2.66. The summed E-state index contributed by atoms with van der Waals surface area (Å²) in [6.07, 6.45) is -3.73. The van der Waals surface area contributed by atoms with Gasteiger partial charge in [-0.2, -0.15) is 0 Å². The Hall–Kier alpha value is -2.80. The smallest absolute Gasteiger partial charge is 0.374 e. The molecule has 1 fully saturated rings. The zero-order valence-electron chi connectivity index (χ0n) is 20.9. The molecule has 11 nitrogen and oxygen atoms in total.